The second-order valence-corrected chi connectivity index (χ2v) is 5.51. The van der Waals surface area contributed by atoms with Gasteiger partial charge in [-0.3, -0.25) is 4.79 Å². The Balaban J connectivity index is 1.50. The van der Waals surface area contributed by atoms with E-state index >= 15 is 0 Å². The van der Waals surface area contributed by atoms with Gasteiger partial charge in [0.1, 0.15) is 6.04 Å². The van der Waals surface area contributed by atoms with Crippen LogP contribution in [0.25, 0.3) is 0 Å². The number of fused-ring (bicyclic) bond motifs is 1. The zero-order chi connectivity index (χ0) is 13.1. The smallest absolute Gasteiger partial charge is 0.242 e. The number of nitrogens with one attached hydrogen (secondary N) is 2. The van der Waals surface area contributed by atoms with Crippen molar-refractivity contribution in [3.8, 4) is 0 Å². The van der Waals surface area contributed by atoms with E-state index in [0.717, 1.165) is 18.5 Å². The van der Waals surface area contributed by atoms with Crippen molar-refractivity contribution in [2.24, 2.45) is 0 Å². The minimum absolute atomic E-state index is 0.0893. The predicted octanol–water partition coefficient (Wildman–Crippen LogP) is 2.44. The van der Waals surface area contributed by atoms with Crippen LogP contribution in [0.15, 0.2) is 41.1 Å². The van der Waals surface area contributed by atoms with E-state index in [9.17, 15) is 4.79 Å². The van der Waals surface area contributed by atoms with Crippen molar-refractivity contribution >= 4 is 22.9 Å². The van der Waals surface area contributed by atoms with Crippen molar-refractivity contribution in [3.63, 3.8) is 0 Å². The molecule has 0 aliphatic carbocycles. The number of hydrogen-bond acceptors (Lipinski definition) is 3. The SMILES string of the molecule is O=C(NCCc1ccsc1)[C@@H]1Cc2ccccc2N1. The first-order chi connectivity index (χ1) is 9.33. The molecule has 1 amide bonds. The van der Waals surface area contributed by atoms with Gasteiger partial charge in [0.25, 0.3) is 0 Å². The fourth-order valence-corrected chi connectivity index (χ4v) is 3.05. The van der Waals surface area contributed by atoms with Crippen LogP contribution in [0, 0.1) is 0 Å². The van der Waals surface area contributed by atoms with Gasteiger partial charge >= 0.3 is 0 Å². The minimum Gasteiger partial charge on any atom is -0.373 e. The standard InChI is InChI=1S/C15H16N2OS/c18-15(16-7-5-11-6-8-19-10-11)14-9-12-3-1-2-4-13(12)17-14/h1-4,6,8,10,14,17H,5,7,9H2,(H,16,18)/t14-/m0/s1. The van der Waals surface area contributed by atoms with Crippen LogP contribution in [-0.4, -0.2) is 18.5 Å². The predicted molar refractivity (Wildman–Crippen MR) is 78.6 cm³/mol. The van der Waals surface area contributed by atoms with Gasteiger partial charge in [-0.15, -0.1) is 0 Å². The second kappa shape index (κ2) is 5.45. The molecule has 1 aliphatic rings. The molecule has 0 saturated carbocycles. The number of carbonyl (C=O) groups is 1. The summed E-state index contributed by atoms with van der Waals surface area (Å²) < 4.78 is 0. The summed E-state index contributed by atoms with van der Waals surface area (Å²) in [4.78, 5) is 12.1. The Morgan fingerprint density at radius 1 is 1.37 bits per heavy atom. The molecule has 0 spiro atoms. The molecule has 19 heavy (non-hydrogen) atoms. The second-order valence-electron chi connectivity index (χ2n) is 4.73. The molecule has 1 aliphatic heterocycles. The molecule has 2 N–H and O–H groups in total. The quantitative estimate of drug-likeness (QED) is 0.897. The molecule has 0 saturated heterocycles. The molecule has 3 rings (SSSR count). The molecule has 2 heterocycles. The molecule has 0 bridgehead atoms. The van der Waals surface area contributed by atoms with Crippen LogP contribution in [0.3, 0.4) is 0 Å². The number of para-hydroxylation sites is 1. The van der Waals surface area contributed by atoms with Gasteiger partial charge in [0, 0.05) is 18.7 Å². The number of thiophene rings is 1. The number of hydrogen-bond donors (Lipinski definition) is 2. The largest absolute Gasteiger partial charge is 0.373 e. The summed E-state index contributed by atoms with van der Waals surface area (Å²) in [5.74, 6) is 0.0893. The molecule has 98 valence electrons. The first kappa shape index (κ1) is 12.2. The molecule has 2 aromatic rings. The van der Waals surface area contributed by atoms with E-state index < -0.39 is 0 Å². The third kappa shape index (κ3) is 2.79. The highest BCUT2D eigenvalue weighted by molar-refractivity contribution is 7.07. The number of rotatable bonds is 4. The summed E-state index contributed by atoms with van der Waals surface area (Å²) in [5.41, 5.74) is 3.59. The van der Waals surface area contributed by atoms with Gasteiger partial charge in [-0.05, 0) is 40.4 Å². The Hall–Kier alpha value is -1.81. The normalized spacial score (nSPS) is 16.7. The summed E-state index contributed by atoms with van der Waals surface area (Å²) in [6.45, 7) is 0.699. The third-order valence-electron chi connectivity index (χ3n) is 3.38. The Morgan fingerprint density at radius 2 is 2.26 bits per heavy atom. The number of carbonyl (C=O) groups excluding carboxylic acids is 1. The van der Waals surface area contributed by atoms with Crippen molar-refractivity contribution in [1.82, 2.24) is 5.32 Å². The van der Waals surface area contributed by atoms with Crippen LogP contribution in [0.4, 0.5) is 5.69 Å². The summed E-state index contributed by atoms with van der Waals surface area (Å²) >= 11 is 1.69. The Kier molecular flexibility index (Phi) is 3.51. The fraction of sp³-hybridized carbons (Fsp3) is 0.267. The summed E-state index contributed by atoms with van der Waals surface area (Å²) in [5, 5.41) is 10.5. The molecule has 0 radical (unpaired) electrons. The van der Waals surface area contributed by atoms with Crippen LogP contribution in [0.5, 0.6) is 0 Å². The van der Waals surface area contributed by atoms with Crippen LogP contribution in [0.2, 0.25) is 0 Å². The van der Waals surface area contributed by atoms with Crippen LogP contribution >= 0.6 is 11.3 Å². The van der Waals surface area contributed by atoms with Crippen molar-refractivity contribution < 1.29 is 4.79 Å². The lowest BCUT2D eigenvalue weighted by atomic mass is 10.1. The van der Waals surface area contributed by atoms with Crippen LogP contribution < -0.4 is 10.6 Å². The molecule has 1 aromatic heterocycles. The van der Waals surface area contributed by atoms with E-state index in [1.807, 2.05) is 18.2 Å². The highest BCUT2D eigenvalue weighted by atomic mass is 32.1. The van der Waals surface area contributed by atoms with Gasteiger partial charge in [0.05, 0.1) is 0 Å². The fourth-order valence-electron chi connectivity index (χ4n) is 2.34. The molecular weight excluding hydrogens is 256 g/mol. The zero-order valence-electron chi connectivity index (χ0n) is 10.6. The maximum Gasteiger partial charge on any atom is 0.242 e. The van der Waals surface area contributed by atoms with Gasteiger partial charge in [-0.25, -0.2) is 0 Å². The van der Waals surface area contributed by atoms with E-state index in [4.69, 9.17) is 0 Å². The number of amides is 1. The van der Waals surface area contributed by atoms with Gasteiger partial charge < -0.3 is 10.6 Å². The van der Waals surface area contributed by atoms with Crippen molar-refractivity contribution in [3.05, 3.63) is 52.2 Å². The van der Waals surface area contributed by atoms with Crippen molar-refractivity contribution in [2.75, 3.05) is 11.9 Å². The van der Waals surface area contributed by atoms with E-state index in [2.05, 4.69) is 33.5 Å². The Bertz CT molecular complexity index is 540. The molecule has 3 nitrogen and oxygen atoms in total. The maximum atomic E-state index is 12.1. The van der Waals surface area contributed by atoms with Gasteiger partial charge in [0.15, 0.2) is 0 Å². The Morgan fingerprint density at radius 3 is 3.05 bits per heavy atom. The van der Waals surface area contributed by atoms with E-state index in [1.54, 1.807) is 11.3 Å². The first-order valence-electron chi connectivity index (χ1n) is 6.46. The molecule has 0 fully saturated rings. The molecule has 4 heteroatoms. The molecular formula is C15H16N2OS. The van der Waals surface area contributed by atoms with E-state index in [1.165, 1.54) is 11.1 Å². The first-order valence-corrected chi connectivity index (χ1v) is 7.40. The van der Waals surface area contributed by atoms with E-state index in [-0.39, 0.29) is 11.9 Å². The molecule has 0 unspecified atom stereocenters. The van der Waals surface area contributed by atoms with Gasteiger partial charge in [0.2, 0.25) is 5.91 Å². The van der Waals surface area contributed by atoms with Crippen LogP contribution in [-0.2, 0) is 17.6 Å². The topological polar surface area (TPSA) is 41.1 Å². The highest BCUT2D eigenvalue weighted by Gasteiger charge is 2.25. The zero-order valence-corrected chi connectivity index (χ0v) is 11.4. The molecule has 1 atom stereocenters. The third-order valence-corrected chi connectivity index (χ3v) is 4.11. The summed E-state index contributed by atoms with van der Waals surface area (Å²) in [7, 11) is 0. The average Bonchev–Trinajstić information content (AvgIpc) is 3.07. The minimum atomic E-state index is -0.125. The molecule has 1 aromatic carbocycles. The monoisotopic (exact) mass is 272 g/mol. The lowest BCUT2D eigenvalue weighted by Crippen LogP contribution is -2.39. The van der Waals surface area contributed by atoms with Gasteiger partial charge in [-0.1, -0.05) is 18.2 Å². The number of anilines is 1. The Labute approximate surface area is 116 Å². The van der Waals surface area contributed by atoms with Crippen molar-refractivity contribution in [1.29, 1.82) is 0 Å². The lowest BCUT2D eigenvalue weighted by molar-refractivity contribution is -0.121. The average molecular weight is 272 g/mol. The van der Waals surface area contributed by atoms with Gasteiger partial charge in [-0.2, -0.15) is 11.3 Å². The van der Waals surface area contributed by atoms with Crippen molar-refractivity contribution in [2.45, 2.75) is 18.9 Å². The highest BCUT2D eigenvalue weighted by Crippen LogP contribution is 2.24. The number of benzene rings is 1. The lowest BCUT2D eigenvalue weighted by Gasteiger charge is -2.11. The van der Waals surface area contributed by atoms with E-state index in [0.29, 0.717) is 6.54 Å². The summed E-state index contributed by atoms with van der Waals surface area (Å²) in [6.07, 6.45) is 1.68. The van der Waals surface area contributed by atoms with Crippen LogP contribution in [0.1, 0.15) is 11.1 Å². The summed E-state index contributed by atoms with van der Waals surface area (Å²) in [6, 6.07) is 10.1. The maximum absolute atomic E-state index is 12.1.